The van der Waals surface area contributed by atoms with Gasteiger partial charge in [-0.15, -0.1) is 0 Å². The number of nitrogens with zero attached hydrogens (tertiary/aromatic N) is 3. The molecule has 0 radical (unpaired) electrons. The van der Waals surface area contributed by atoms with Gasteiger partial charge in [0.1, 0.15) is 5.82 Å². The molecular weight excluding hydrogens is 318 g/mol. The lowest BCUT2D eigenvalue weighted by molar-refractivity contribution is -0.124. The lowest BCUT2D eigenvalue weighted by Crippen LogP contribution is -2.32. The number of hydrogen-bond acceptors (Lipinski definition) is 6. The minimum absolute atomic E-state index is 0.199. The Kier molecular flexibility index (Phi) is 7.06. The standard InChI is InChI=1S/C18H23N5O2/c1-14(12-23(2)13-15-6-4-3-5-7-15)21-17-11-19-16(10-20-17)8-9-18(24)22-25/h3-11,14,25H,12-13H2,1-2H3,(H,20,21)(H,22,24)/b9-8+/t14-/m1/s1. The van der Waals surface area contributed by atoms with E-state index in [0.717, 1.165) is 13.1 Å². The summed E-state index contributed by atoms with van der Waals surface area (Å²) in [6.07, 6.45) is 5.83. The third kappa shape index (κ3) is 6.70. The molecule has 0 unspecified atom stereocenters. The number of benzene rings is 1. The number of carbonyl (C=O) groups excluding carboxylic acids is 1. The molecule has 0 aliphatic heterocycles. The molecule has 25 heavy (non-hydrogen) atoms. The van der Waals surface area contributed by atoms with E-state index < -0.39 is 5.91 Å². The van der Waals surface area contributed by atoms with E-state index in [0.29, 0.717) is 11.5 Å². The van der Waals surface area contributed by atoms with Crippen molar-refractivity contribution < 1.29 is 10.0 Å². The number of carbonyl (C=O) groups is 1. The largest absolute Gasteiger partial charge is 0.365 e. The quantitative estimate of drug-likeness (QED) is 0.386. The zero-order chi connectivity index (χ0) is 18.1. The van der Waals surface area contributed by atoms with Crippen LogP contribution in [0.4, 0.5) is 5.82 Å². The maximum atomic E-state index is 10.9. The number of rotatable bonds is 8. The fourth-order valence-corrected chi connectivity index (χ4v) is 2.42. The molecule has 0 saturated heterocycles. The summed E-state index contributed by atoms with van der Waals surface area (Å²) in [6.45, 7) is 3.83. The summed E-state index contributed by atoms with van der Waals surface area (Å²) in [6, 6.07) is 10.5. The van der Waals surface area contributed by atoms with Gasteiger partial charge >= 0.3 is 0 Å². The van der Waals surface area contributed by atoms with Crippen LogP contribution < -0.4 is 10.8 Å². The van der Waals surface area contributed by atoms with E-state index in [1.165, 1.54) is 23.2 Å². The minimum atomic E-state index is -0.612. The molecule has 2 aromatic rings. The summed E-state index contributed by atoms with van der Waals surface area (Å²) in [5, 5.41) is 11.7. The lowest BCUT2D eigenvalue weighted by Gasteiger charge is -2.22. The van der Waals surface area contributed by atoms with Gasteiger partial charge in [-0.1, -0.05) is 30.3 Å². The van der Waals surface area contributed by atoms with Gasteiger partial charge in [-0.05, 0) is 25.6 Å². The molecule has 1 atom stereocenters. The van der Waals surface area contributed by atoms with E-state index in [2.05, 4.69) is 46.3 Å². The second kappa shape index (κ2) is 9.51. The zero-order valence-corrected chi connectivity index (χ0v) is 14.4. The van der Waals surface area contributed by atoms with E-state index in [9.17, 15) is 4.79 Å². The van der Waals surface area contributed by atoms with Crippen molar-refractivity contribution in [3.05, 3.63) is 60.1 Å². The van der Waals surface area contributed by atoms with E-state index in [4.69, 9.17) is 5.21 Å². The molecule has 1 heterocycles. The van der Waals surface area contributed by atoms with Gasteiger partial charge in [0.25, 0.3) is 5.91 Å². The molecule has 1 aromatic heterocycles. The summed E-state index contributed by atoms with van der Waals surface area (Å²) >= 11 is 0. The summed E-state index contributed by atoms with van der Waals surface area (Å²) in [4.78, 5) is 21.6. The first-order chi connectivity index (χ1) is 12.1. The predicted octanol–water partition coefficient (Wildman–Crippen LogP) is 1.93. The normalized spacial score (nSPS) is 12.3. The van der Waals surface area contributed by atoms with Crippen LogP contribution in [0.5, 0.6) is 0 Å². The van der Waals surface area contributed by atoms with Crippen molar-refractivity contribution in [3.63, 3.8) is 0 Å². The molecule has 1 amide bonds. The highest BCUT2D eigenvalue weighted by atomic mass is 16.5. The van der Waals surface area contributed by atoms with Crippen LogP contribution in [-0.4, -0.2) is 45.6 Å². The van der Waals surface area contributed by atoms with Crippen LogP contribution in [0.3, 0.4) is 0 Å². The highest BCUT2D eigenvalue weighted by Gasteiger charge is 2.08. The Labute approximate surface area is 147 Å². The van der Waals surface area contributed by atoms with Crippen molar-refractivity contribution in [2.75, 3.05) is 18.9 Å². The van der Waals surface area contributed by atoms with Gasteiger partial charge in [0.2, 0.25) is 0 Å². The van der Waals surface area contributed by atoms with Crippen LogP contribution in [0, 0.1) is 0 Å². The molecule has 1 aromatic carbocycles. The first-order valence-electron chi connectivity index (χ1n) is 8.00. The van der Waals surface area contributed by atoms with E-state index in [-0.39, 0.29) is 6.04 Å². The molecule has 3 N–H and O–H groups in total. The second-order valence-corrected chi connectivity index (χ2v) is 5.86. The van der Waals surface area contributed by atoms with Crippen molar-refractivity contribution in [2.24, 2.45) is 0 Å². The molecule has 0 fully saturated rings. The number of hydroxylamine groups is 1. The maximum Gasteiger partial charge on any atom is 0.267 e. The molecular formula is C18H23N5O2. The molecule has 0 aliphatic carbocycles. The fourth-order valence-electron chi connectivity index (χ4n) is 2.42. The Morgan fingerprint density at radius 1 is 1.28 bits per heavy atom. The smallest absolute Gasteiger partial charge is 0.267 e. The molecule has 132 valence electrons. The van der Waals surface area contributed by atoms with Crippen LogP contribution in [0.1, 0.15) is 18.2 Å². The molecule has 0 aliphatic rings. The summed E-state index contributed by atoms with van der Waals surface area (Å²) < 4.78 is 0. The van der Waals surface area contributed by atoms with Crippen LogP contribution in [0.25, 0.3) is 6.08 Å². The van der Waals surface area contributed by atoms with Gasteiger partial charge < -0.3 is 10.2 Å². The summed E-state index contributed by atoms with van der Waals surface area (Å²) in [5.74, 6) is 0.0587. The van der Waals surface area contributed by atoms with Gasteiger partial charge in [-0.25, -0.2) is 10.5 Å². The number of aromatic nitrogens is 2. The first-order valence-corrected chi connectivity index (χ1v) is 8.00. The third-order valence-electron chi connectivity index (χ3n) is 3.46. The molecule has 0 bridgehead atoms. The first kappa shape index (κ1) is 18.6. The van der Waals surface area contributed by atoms with Crippen LogP contribution >= 0.6 is 0 Å². The third-order valence-corrected chi connectivity index (χ3v) is 3.46. The molecule has 0 spiro atoms. The van der Waals surface area contributed by atoms with Crippen molar-refractivity contribution in [1.82, 2.24) is 20.3 Å². The van der Waals surface area contributed by atoms with Crippen molar-refractivity contribution >= 4 is 17.8 Å². The van der Waals surface area contributed by atoms with Crippen LogP contribution in [0.2, 0.25) is 0 Å². The SMILES string of the molecule is C[C@H](CN(C)Cc1ccccc1)Nc1cnc(/C=C/C(=O)NO)cn1. The Balaban J connectivity index is 1.82. The number of hydrogen-bond donors (Lipinski definition) is 3. The lowest BCUT2D eigenvalue weighted by atomic mass is 10.2. The zero-order valence-electron chi connectivity index (χ0n) is 14.4. The Morgan fingerprint density at radius 3 is 2.68 bits per heavy atom. The van der Waals surface area contributed by atoms with Crippen molar-refractivity contribution in [3.8, 4) is 0 Å². The van der Waals surface area contributed by atoms with Crippen LogP contribution in [-0.2, 0) is 11.3 Å². The topological polar surface area (TPSA) is 90.4 Å². The second-order valence-electron chi connectivity index (χ2n) is 5.86. The van der Waals surface area contributed by atoms with Gasteiger partial charge in [0.05, 0.1) is 18.1 Å². The number of anilines is 1. The summed E-state index contributed by atoms with van der Waals surface area (Å²) in [5.41, 5.74) is 3.33. The fraction of sp³-hybridized carbons (Fsp3) is 0.278. The van der Waals surface area contributed by atoms with Gasteiger partial charge in [0, 0.05) is 25.2 Å². The highest BCUT2D eigenvalue weighted by Crippen LogP contribution is 2.07. The predicted molar refractivity (Wildman–Crippen MR) is 96.9 cm³/mol. The molecule has 0 saturated carbocycles. The number of nitrogens with one attached hydrogen (secondary N) is 2. The van der Waals surface area contributed by atoms with Gasteiger partial charge in [-0.3, -0.25) is 15.0 Å². The molecule has 2 rings (SSSR count). The van der Waals surface area contributed by atoms with E-state index >= 15 is 0 Å². The van der Waals surface area contributed by atoms with Crippen LogP contribution in [0.15, 0.2) is 48.8 Å². The average molecular weight is 341 g/mol. The van der Waals surface area contributed by atoms with Crippen molar-refractivity contribution in [1.29, 1.82) is 0 Å². The van der Waals surface area contributed by atoms with E-state index in [1.807, 2.05) is 18.2 Å². The molecule has 7 heteroatoms. The number of likely N-dealkylation sites (N-methyl/N-ethyl adjacent to an activating group) is 1. The maximum absolute atomic E-state index is 10.9. The Morgan fingerprint density at radius 2 is 2.04 bits per heavy atom. The Hall–Kier alpha value is -2.77. The minimum Gasteiger partial charge on any atom is -0.365 e. The van der Waals surface area contributed by atoms with E-state index in [1.54, 1.807) is 12.4 Å². The van der Waals surface area contributed by atoms with Gasteiger partial charge in [0.15, 0.2) is 0 Å². The monoisotopic (exact) mass is 341 g/mol. The average Bonchev–Trinajstić information content (AvgIpc) is 2.61. The Bertz CT molecular complexity index is 688. The summed E-state index contributed by atoms with van der Waals surface area (Å²) in [7, 11) is 2.08. The molecule has 7 nitrogen and oxygen atoms in total. The van der Waals surface area contributed by atoms with Crippen molar-refractivity contribution in [2.45, 2.75) is 19.5 Å². The number of amides is 1. The van der Waals surface area contributed by atoms with Gasteiger partial charge in [-0.2, -0.15) is 0 Å². The highest BCUT2D eigenvalue weighted by molar-refractivity contribution is 5.90.